The van der Waals surface area contributed by atoms with Crippen molar-refractivity contribution >= 4 is 46.2 Å². The third-order valence-electron chi connectivity index (χ3n) is 2.95. The highest BCUT2D eigenvalue weighted by molar-refractivity contribution is 7.97. The zero-order chi connectivity index (χ0) is 15.7. The minimum atomic E-state index is 0.119. The van der Waals surface area contributed by atoms with Gasteiger partial charge in [-0.15, -0.1) is 0 Å². The van der Waals surface area contributed by atoms with Crippen LogP contribution in [-0.4, -0.2) is 33.5 Å². The van der Waals surface area contributed by atoms with Gasteiger partial charge in [-0.1, -0.05) is 11.6 Å². The van der Waals surface area contributed by atoms with Crippen LogP contribution >= 0.6 is 23.5 Å². The molecule has 7 heteroatoms. The number of rotatable bonds is 4. The highest BCUT2D eigenvalue weighted by atomic mass is 35.5. The van der Waals surface area contributed by atoms with Gasteiger partial charge >= 0.3 is 0 Å². The van der Waals surface area contributed by atoms with E-state index in [0.29, 0.717) is 16.7 Å². The van der Waals surface area contributed by atoms with E-state index in [1.807, 2.05) is 36.6 Å². The normalized spacial score (nSPS) is 11.3. The van der Waals surface area contributed by atoms with E-state index in [1.165, 1.54) is 0 Å². The third-order valence-corrected chi connectivity index (χ3v) is 4.02. The number of hydrogen-bond acceptors (Lipinski definition) is 5. The first-order valence-electron chi connectivity index (χ1n) is 6.62. The molecule has 0 saturated carbocycles. The third kappa shape index (κ3) is 3.30. The van der Waals surface area contributed by atoms with Crippen LogP contribution in [0, 0.1) is 0 Å². The zero-order valence-electron chi connectivity index (χ0n) is 12.1. The number of phenolic OH excluding ortho intramolecular Hbond substituents is 1. The average Bonchev–Trinajstić information content (AvgIpc) is 2.84. The summed E-state index contributed by atoms with van der Waals surface area (Å²) < 4.78 is 2.03. The quantitative estimate of drug-likeness (QED) is 0.492. The van der Waals surface area contributed by atoms with E-state index in [1.54, 1.807) is 30.1 Å². The monoisotopic (exact) mass is 334 g/mol. The molecule has 1 heterocycles. The van der Waals surface area contributed by atoms with E-state index in [-0.39, 0.29) is 5.75 Å². The second kappa shape index (κ2) is 6.08. The highest BCUT2D eigenvalue weighted by Crippen LogP contribution is 2.30. The number of anilines is 2. The van der Waals surface area contributed by atoms with Crippen LogP contribution < -0.4 is 5.32 Å². The van der Waals surface area contributed by atoms with Gasteiger partial charge in [0.1, 0.15) is 5.75 Å². The lowest BCUT2D eigenvalue weighted by Gasteiger charge is -2.07. The molecule has 3 aromatic rings. The van der Waals surface area contributed by atoms with E-state index in [2.05, 4.69) is 15.3 Å². The zero-order valence-corrected chi connectivity index (χ0v) is 13.7. The van der Waals surface area contributed by atoms with Crippen LogP contribution in [0.15, 0.2) is 41.3 Å². The van der Waals surface area contributed by atoms with Crippen molar-refractivity contribution in [3.05, 3.63) is 41.4 Å². The summed E-state index contributed by atoms with van der Waals surface area (Å²) in [6.07, 6.45) is 0. The molecule has 0 saturated heterocycles. The van der Waals surface area contributed by atoms with Crippen LogP contribution in [-0.2, 0) is 0 Å². The van der Waals surface area contributed by atoms with Crippen LogP contribution in [0.1, 0.15) is 0 Å². The predicted octanol–water partition coefficient (Wildman–Crippen LogP) is 4.23. The number of benzene rings is 2. The minimum Gasteiger partial charge on any atom is -0.506 e. The number of halogens is 1. The number of aromatic nitrogens is 2. The van der Waals surface area contributed by atoms with Gasteiger partial charge in [-0.05, 0) is 62.4 Å². The first kappa shape index (κ1) is 15.0. The molecule has 114 valence electrons. The van der Waals surface area contributed by atoms with Crippen molar-refractivity contribution < 1.29 is 5.11 Å². The first-order valence-corrected chi connectivity index (χ1v) is 7.77. The fraction of sp³-hybridized carbons (Fsp3) is 0.133. The molecule has 0 aliphatic carbocycles. The Morgan fingerprint density at radius 2 is 2.05 bits per heavy atom. The smallest absolute Gasteiger partial charge is 0.205 e. The molecule has 3 rings (SSSR count). The fourth-order valence-electron chi connectivity index (χ4n) is 2.05. The maximum Gasteiger partial charge on any atom is 0.205 e. The molecule has 0 unspecified atom stereocenters. The summed E-state index contributed by atoms with van der Waals surface area (Å²) >= 11 is 7.58. The summed E-state index contributed by atoms with van der Waals surface area (Å²) in [5.74, 6) is 0.674. The van der Waals surface area contributed by atoms with Gasteiger partial charge in [0, 0.05) is 9.92 Å². The number of aromatic hydroxyl groups is 1. The van der Waals surface area contributed by atoms with Gasteiger partial charge in [-0.2, -0.15) is 0 Å². The second-order valence-corrected chi connectivity index (χ2v) is 6.78. The molecule has 1 aromatic heterocycles. The van der Waals surface area contributed by atoms with E-state index in [0.717, 1.165) is 15.9 Å². The van der Waals surface area contributed by atoms with Gasteiger partial charge in [-0.25, -0.2) is 4.98 Å². The Balaban J connectivity index is 1.90. The number of nitrogens with one attached hydrogen (secondary N) is 2. The molecule has 0 fully saturated rings. The van der Waals surface area contributed by atoms with Gasteiger partial charge in [0.05, 0.1) is 16.7 Å². The van der Waals surface area contributed by atoms with Crippen LogP contribution in [0.2, 0.25) is 5.02 Å². The molecule has 0 atom stereocenters. The van der Waals surface area contributed by atoms with E-state index >= 15 is 0 Å². The Morgan fingerprint density at radius 3 is 2.82 bits per heavy atom. The Hall–Kier alpha value is -1.89. The van der Waals surface area contributed by atoms with Crippen molar-refractivity contribution in [2.24, 2.45) is 0 Å². The summed E-state index contributed by atoms with van der Waals surface area (Å²) in [5, 5.41) is 13.4. The lowest BCUT2D eigenvalue weighted by Crippen LogP contribution is -1.98. The molecule has 5 nitrogen and oxygen atoms in total. The molecular formula is C15H15ClN4OS. The Kier molecular flexibility index (Phi) is 4.15. The number of fused-ring (bicyclic) bond motifs is 1. The molecular weight excluding hydrogens is 320 g/mol. The summed E-state index contributed by atoms with van der Waals surface area (Å²) in [4.78, 5) is 8.77. The SMILES string of the molecule is CN(C)Sc1ccc2nc(Nc3cc(Cl)ccc3O)[nH]c2c1. The van der Waals surface area contributed by atoms with Gasteiger partial charge in [0.2, 0.25) is 5.95 Å². The Labute approximate surface area is 137 Å². The van der Waals surface area contributed by atoms with Crippen molar-refractivity contribution in [2.45, 2.75) is 4.90 Å². The first-order chi connectivity index (χ1) is 10.5. The number of nitrogens with zero attached hydrogens (tertiary/aromatic N) is 2. The standard InChI is InChI=1S/C15H15ClN4OS/c1-20(2)22-10-4-5-11-12(8-10)18-15(17-11)19-13-7-9(16)3-6-14(13)21/h3-8,21H,1-2H3,(H2,17,18,19). The van der Waals surface area contributed by atoms with Gasteiger partial charge < -0.3 is 15.4 Å². The summed E-state index contributed by atoms with van der Waals surface area (Å²) in [5.41, 5.74) is 2.29. The molecule has 0 aliphatic heterocycles. The van der Waals surface area contributed by atoms with Crippen molar-refractivity contribution in [3.63, 3.8) is 0 Å². The number of aromatic amines is 1. The van der Waals surface area contributed by atoms with E-state index < -0.39 is 0 Å². The lowest BCUT2D eigenvalue weighted by atomic mass is 10.3. The van der Waals surface area contributed by atoms with Crippen LogP contribution in [0.3, 0.4) is 0 Å². The molecule has 22 heavy (non-hydrogen) atoms. The van der Waals surface area contributed by atoms with E-state index in [4.69, 9.17) is 11.6 Å². The topological polar surface area (TPSA) is 64.2 Å². The Bertz CT molecular complexity index is 818. The van der Waals surface area contributed by atoms with Crippen molar-refractivity contribution in [3.8, 4) is 5.75 Å². The summed E-state index contributed by atoms with van der Waals surface area (Å²) in [6.45, 7) is 0. The van der Waals surface area contributed by atoms with Gasteiger partial charge in [0.25, 0.3) is 0 Å². The molecule has 0 bridgehead atoms. The summed E-state index contributed by atoms with van der Waals surface area (Å²) in [6, 6.07) is 10.8. The average molecular weight is 335 g/mol. The van der Waals surface area contributed by atoms with E-state index in [9.17, 15) is 5.11 Å². The number of imidazole rings is 1. The lowest BCUT2D eigenvalue weighted by molar-refractivity contribution is 0.477. The van der Waals surface area contributed by atoms with Crippen LogP contribution in [0.4, 0.5) is 11.6 Å². The van der Waals surface area contributed by atoms with Crippen molar-refractivity contribution in [1.29, 1.82) is 0 Å². The predicted molar refractivity (Wildman–Crippen MR) is 92.0 cm³/mol. The number of phenols is 1. The molecule has 0 spiro atoms. The van der Waals surface area contributed by atoms with Crippen molar-refractivity contribution in [2.75, 3.05) is 19.4 Å². The molecule has 3 N–H and O–H groups in total. The Morgan fingerprint density at radius 1 is 1.23 bits per heavy atom. The van der Waals surface area contributed by atoms with Gasteiger partial charge in [-0.3, -0.25) is 4.31 Å². The molecule has 0 radical (unpaired) electrons. The second-order valence-electron chi connectivity index (χ2n) is 4.95. The molecule has 0 amide bonds. The van der Waals surface area contributed by atoms with Crippen molar-refractivity contribution in [1.82, 2.24) is 14.3 Å². The number of H-pyrrole nitrogens is 1. The van der Waals surface area contributed by atoms with Crippen LogP contribution in [0.5, 0.6) is 5.75 Å². The molecule has 2 aromatic carbocycles. The maximum absolute atomic E-state index is 9.84. The minimum absolute atomic E-state index is 0.119. The molecule has 0 aliphatic rings. The fourth-order valence-corrected chi connectivity index (χ4v) is 2.94. The maximum atomic E-state index is 9.84. The number of hydrogen-bond donors (Lipinski definition) is 3. The van der Waals surface area contributed by atoms with Crippen LogP contribution in [0.25, 0.3) is 11.0 Å². The summed E-state index contributed by atoms with van der Waals surface area (Å²) in [7, 11) is 3.99. The van der Waals surface area contributed by atoms with Gasteiger partial charge in [0.15, 0.2) is 0 Å². The highest BCUT2D eigenvalue weighted by Gasteiger charge is 2.08. The largest absolute Gasteiger partial charge is 0.506 e.